The molecule has 6 heteroatoms. The molecule has 0 bridgehead atoms. The van der Waals surface area contributed by atoms with Gasteiger partial charge in [-0.15, -0.1) is 0 Å². The zero-order valence-electron chi connectivity index (χ0n) is 7.77. The van der Waals surface area contributed by atoms with E-state index in [9.17, 15) is 9.59 Å². The van der Waals surface area contributed by atoms with E-state index >= 15 is 0 Å². The van der Waals surface area contributed by atoms with Crippen molar-refractivity contribution in [1.29, 1.82) is 0 Å². The average molecular weight is 214 g/mol. The number of rotatable bonds is 3. The molecule has 1 heterocycles. The van der Waals surface area contributed by atoms with Crippen molar-refractivity contribution >= 4 is 23.4 Å². The number of hydrogen-bond donors (Lipinski definition) is 2. The number of nitrogens with zero attached hydrogens (tertiary/aromatic N) is 1. The van der Waals surface area contributed by atoms with Gasteiger partial charge in [-0.3, -0.25) is 9.59 Å². The molecule has 2 N–H and O–H groups in total. The molecule has 14 heavy (non-hydrogen) atoms. The van der Waals surface area contributed by atoms with Gasteiger partial charge >= 0.3 is 5.97 Å². The number of carbonyl (C=O) groups excluding carboxylic acids is 1. The summed E-state index contributed by atoms with van der Waals surface area (Å²) in [7, 11) is 0. The van der Waals surface area contributed by atoms with E-state index in [1.54, 1.807) is 12.3 Å². The molecule has 76 valence electrons. The molecule has 1 rings (SSSR count). The van der Waals surface area contributed by atoms with Crippen LogP contribution in [0.3, 0.4) is 0 Å². The first-order valence-corrected chi connectivity index (χ1v) is 4.80. The molecule has 0 spiro atoms. The first-order valence-electron chi connectivity index (χ1n) is 3.97. The fourth-order valence-electron chi connectivity index (χ4n) is 0.847. The molecule has 0 radical (unpaired) electrons. The quantitative estimate of drug-likeness (QED) is 0.774. The van der Waals surface area contributed by atoms with Crippen molar-refractivity contribution in [2.75, 3.05) is 0 Å². The zero-order chi connectivity index (χ0) is 10.7. The SMILES string of the molecule is Cc1nscc1C(=O)N[C@H](C)C(=O)O. The Bertz CT molecular complexity index is 361. The van der Waals surface area contributed by atoms with E-state index in [-0.39, 0.29) is 0 Å². The van der Waals surface area contributed by atoms with E-state index in [0.717, 1.165) is 0 Å². The van der Waals surface area contributed by atoms with Gasteiger partial charge in [0.15, 0.2) is 0 Å². The topological polar surface area (TPSA) is 79.3 Å². The number of aliphatic carboxylic acids is 1. The molecule has 0 aromatic carbocycles. The number of hydrogen-bond acceptors (Lipinski definition) is 4. The van der Waals surface area contributed by atoms with Crippen LogP contribution in [0.25, 0.3) is 0 Å². The molecule has 0 saturated heterocycles. The maximum Gasteiger partial charge on any atom is 0.325 e. The van der Waals surface area contributed by atoms with Crippen LogP contribution in [0.15, 0.2) is 5.38 Å². The Balaban J connectivity index is 2.69. The highest BCUT2D eigenvalue weighted by atomic mass is 32.1. The van der Waals surface area contributed by atoms with Crippen molar-refractivity contribution in [1.82, 2.24) is 9.69 Å². The third-order valence-corrected chi connectivity index (χ3v) is 2.43. The Hall–Kier alpha value is -1.43. The van der Waals surface area contributed by atoms with Crippen LogP contribution in [-0.2, 0) is 4.79 Å². The number of aromatic nitrogens is 1. The molecule has 0 aliphatic heterocycles. The van der Waals surface area contributed by atoms with Crippen molar-refractivity contribution in [2.24, 2.45) is 0 Å². The molecule has 0 saturated carbocycles. The second-order valence-electron chi connectivity index (χ2n) is 2.85. The monoisotopic (exact) mass is 214 g/mol. The summed E-state index contributed by atoms with van der Waals surface area (Å²) in [5.41, 5.74) is 1.05. The highest BCUT2D eigenvalue weighted by Gasteiger charge is 2.17. The van der Waals surface area contributed by atoms with E-state index in [1.165, 1.54) is 18.5 Å². The summed E-state index contributed by atoms with van der Waals surface area (Å²) in [5.74, 6) is -1.45. The van der Waals surface area contributed by atoms with Crippen molar-refractivity contribution in [3.05, 3.63) is 16.6 Å². The first kappa shape index (κ1) is 10.6. The van der Waals surface area contributed by atoms with Crippen LogP contribution in [-0.4, -0.2) is 27.4 Å². The molecule has 0 aliphatic rings. The smallest absolute Gasteiger partial charge is 0.325 e. The predicted molar refractivity (Wildman–Crippen MR) is 51.4 cm³/mol. The van der Waals surface area contributed by atoms with E-state index in [0.29, 0.717) is 11.3 Å². The van der Waals surface area contributed by atoms with Gasteiger partial charge in [-0.1, -0.05) is 0 Å². The van der Waals surface area contributed by atoms with E-state index < -0.39 is 17.9 Å². The van der Waals surface area contributed by atoms with Crippen LogP contribution >= 0.6 is 11.5 Å². The lowest BCUT2D eigenvalue weighted by Crippen LogP contribution is -2.38. The molecule has 1 aromatic rings. The number of amides is 1. The number of nitrogens with one attached hydrogen (secondary N) is 1. The number of aryl methyl sites for hydroxylation is 1. The van der Waals surface area contributed by atoms with Gasteiger partial charge in [0.05, 0.1) is 11.3 Å². The van der Waals surface area contributed by atoms with Crippen molar-refractivity contribution in [2.45, 2.75) is 19.9 Å². The second-order valence-corrected chi connectivity index (χ2v) is 3.48. The van der Waals surface area contributed by atoms with Gasteiger partial charge in [-0.2, -0.15) is 4.37 Å². The standard InChI is InChI=1S/C8H10N2O3S/c1-4-6(3-14-10-4)7(11)9-5(2)8(12)13/h3,5H,1-2H3,(H,9,11)(H,12,13)/t5-/m1/s1. The zero-order valence-corrected chi connectivity index (χ0v) is 8.59. The summed E-state index contributed by atoms with van der Waals surface area (Å²) in [5, 5.41) is 12.5. The third-order valence-electron chi connectivity index (χ3n) is 1.71. The van der Waals surface area contributed by atoms with Crippen LogP contribution in [0.2, 0.25) is 0 Å². The maximum absolute atomic E-state index is 11.4. The van der Waals surface area contributed by atoms with Crippen LogP contribution in [0.1, 0.15) is 23.0 Å². The van der Waals surface area contributed by atoms with Crippen molar-refractivity contribution in [3.8, 4) is 0 Å². The summed E-state index contributed by atoms with van der Waals surface area (Å²) in [6.07, 6.45) is 0. The Labute approximate surface area is 84.9 Å². The molecule has 1 amide bonds. The number of carboxylic acids is 1. The highest BCUT2D eigenvalue weighted by Crippen LogP contribution is 2.08. The average Bonchev–Trinajstić information content (AvgIpc) is 2.51. The lowest BCUT2D eigenvalue weighted by molar-refractivity contribution is -0.138. The van der Waals surface area contributed by atoms with Crippen LogP contribution < -0.4 is 5.32 Å². The molecule has 0 unspecified atom stereocenters. The summed E-state index contributed by atoms with van der Waals surface area (Å²) in [6, 6.07) is -0.887. The van der Waals surface area contributed by atoms with Gasteiger partial charge in [0, 0.05) is 5.38 Å². The molecule has 1 aromatic heterocycles. The van der Waals surface area contributed by atoms with Gasteiger partial charge in [0.2, 0.25) is 0 Å². The van der Waals surface area contributed by atoms with Crippen LogP contribution in [0.4, 0.5) is 0 Å². The predicted octanol–water partition coefficient (Wildman–Crippen LogP) is 0.654. The fraction of sp³-hybridized carbons (Fsp3) is 0.375. The lowest BCUT2D eigenvalue weighted by Gasteiger charge is -2.07. The minimum Gasteiger partial charge on any atom is -0.480 e. The molecule has 5 nitrogen and oxygen atoms in total. The van der Waals surface area contributed by atoms with Gasteiger partial charge in [-0.05, 0) is 25.4 Å². The van der Waals surface area contributed by atoms with Crippen LogP contribution in [0, 0.1) is 6.92 Å². The molecular weight excluding hydrogens is 204 g/mol. The molecule has 1 atom stereocenters. The van der Waals surface area contributed by atoms with E-state index in [1.807, 2.05) is 0 Å². The maximum atomic E-state index is 11.4. The molecule has 0 aliphatic carbocycles. The first-order chi connectivity index (χ1) is 6.52. The minimum atomic E-state index is -1.06. The fourth-order valence-corrected chi connectivity index (χ4v) is 1.54. The summed E-state index contributed by atoms with van der Waals surface area (Å²) in [4.78, 5) is 21.9. The third kappa shape index (κ3) is 2.29. The number of carboxylic acid groups (broad SMARTS) is 1. The Kier molecular flexibility index (Phi) is 3.19. The van der Waals surface area contributed by atoms with Crippen LogP contribution in [0.5, 0.6) is 0 Å². The Morgan fingerprint density at radius 3 is 2.71 bits per heavy atom. The number of carbonyl (C=O) groups is 2. The van der Waals surface area contributed by atoms with E-state index in [2.05, 4.69) is 9.69 Å². The van der Waals surface area contributed by atoms with Crippen molar-refractivity contribution < 1.29 is 14.7 Å². The van der Waals surface area contributed by atoms with E-state index in [4.69, 9.17) is 5.11 Å². The van der Waals surface area contributed by atoms with Crippen molar-refractivity contribution in [3.63, 3.8) is 0 Å². The second kappa shape index (κ2) is 4.19. The van der Waals surface area contributed by atoms with Gasteiger partial charge in [0.25, 0.3) is 5.91 Å². The summed E-state index contributed by atoms with van der Waals surface area (Å²) >= 11 is 1.17. The summed E-state index contributed by atoms with van der Waals surface area (Å²) in [6.45, 7) is 3.12. The Morgan fingerprint density at radius 2 is 2.29 bits per heavy atom. The highest BCUT2D eigenvalue weighted by molar-refractivity contribution is 7.03. The van der Waals surface area contributed by atoms with Gasteiger partial charge < -0.3 is 10.4 Å². The van der Waals surface area contributed by atoms with Gasteiger partial charge in [0.1, 0.15) is 6.04 Å². The normalized spacial score (nSPS) is 12.1. The minimum absolute atomic E-state index is 0.397. The lowest BCUT2D eigenvalue weighted by atomic mass is 10.2. The van der Waals surface area contributed by atoms with Gasteiger partial charge in [-0.25, -0.2) is 0 Å². The Morgan fingerprint density at radius 1 is 1.64 bits per heavy atom. The molecular formula is C8H10N2O3S. The molecule has 0 fully saturated rings. The summed E-state index contributed by atoms with van der Waals surface area (Å²) < 4.78 is 3.92. The largest absolute Gasteiger partial charge is 0.480 e.